The third-order valence-electron chi connectivity index (χ3n) is 11.0. The molecule has 0 saturated carbocycles. The summed E-state index contributed by atoms with van der Waals surface area (Å²) in [5.74, 6) is -0.931. The molecule has 1 aromatic carbocycles. The number of hydrogen-bond donors (Lipinski definition) is 1. The molecule has 0 radical (unpaired) electrons. The molecule has 47 heavy (non-hydrogen) atoms. The fourth-order valence-electron chi connectivity index (χ4n) is 4.50. The van der Waals surface area contributed by atoms with Gasteiger partial charge in [0.2, 0.25) is 0 Å². The van der Waals surface area contributed by atoms with Gasteiger partial charge in [-0.15, -0.1) is 0 Å². The van der Waals surface area contributed by atoms with Crippen LogP contribution < -0.4 is 0 Å². The van der Waals surface area contributed by atoms with Gasteiger partial charge in [-0.25, -0.2) is 0 Å². The first-order valence-electron chi connectivity index (χ1n) is 17.4. The molecule has 0 aliphatic carbocycles. The highest BCUT2D eigenvalue weighted by Gasteiger charge is 2.55. The molecule has 0 amide bonds. The maximum atomic E-state index is 13.2. The monoisotopic (exact) mass is 710 g/mol. The van der Waals surface area contributed by atoms with Crippen molar-refractivity contribution in [2.24, 2.45) is 0 Å². The van der Waals surface area contributed by atoms with E-state index in [1.54, 1.807) is 0 Å². The van der Waals surface area contributed by atoms with Crippen LogP contribution in [0.3, 0.4) is 0 Å². The van der Waals surface area contributed by atoms with E-state index in [1.165, 1.54) is 0 Å². The molecule has 0 aromatic heterocycles. The molecule has 3 atom stereocenters. The normalized spacial score (nSPS) is 21.6. The Balaban J connectivity index is 2.62. The summed E-state index contributed by atoms with van der Waals surface area (Å²) in [6.45, 7) is 38.5. The van der Waals surface area contributed by atoms with Gasteiger partial charge in [-0.2, -0.15) is 0 Å². The summed E-state index contributed by atoms with van der Waals surface area (Å²) in [7, 11) is -6.55. The van der Waals surface area contributed by atoms with Gasteiger partial charge in [0, 0.05) is 0 Å². The average Bonchev–Trinajstić information content (AvgIpc) is 3.22. The molecule has 2 rings (SSSR count). The van der Waals surface area contributed by atoms with E-state index in [4.69, 9.17) is 27.5 Å². The van der Waals surface area contributed by atoms with Gasteiger partial charge in [0.25, 0.3) is 0 Å². The van der Waals surface area contributed by atoms with Gasteiger partial charge < -0.3 is 32.6 Å². The van der Waals surface area contributed by atoms with Crippen LogP contribution in [-0.4, -0.2) is 80.1 Å². The van der Waals surface area contributed by atoms with Crippen molar-refractivity contribution < 1.29 is 32.6 Å². The quantitative estimate of drug-likeness (QED) is 0.144. The Labute approximate surface area is 291 Å². The molecule has 1 aliphatic rings. The molecular formula is C37H70O7Si3. The molecule has 7 nitrogen and oxygen atoms in total. The van der Waals surface area contributed by atoms with Gasteiger partial charge in [-0.3, -0.25) is 0 Å². The lowest BCUT2D eigenvalue weighted by Gasteiger charge is -2.44. The van der Waals surface area contributed by atoms with Crippen LogP contribution >= 0.6 is 0 Å². The van der Waals surface area contributed by atoms with E-state index in [2.05, 4.69) is 102 Å². The van der Waals surface area contributed by atoms with Crippen molar-refractivity contribution in [2.75, 3.05) is 26.4 Å². The molecule has 0 spiro atoms. The second-order valence-electron chi connectivity index (χ2n) is 18.4. The zero-order chi connectivity index (χ0) is 36.3. The minimum Gasteiger partial charge on any atom is -0.413 e. The Morgan fingerprint density at radius 1 is 0.766 bits per heavy atom. The number of benzene rings is 1. The van der Waals surface area contributed by atoms with Crippen LogP contribution in [0, 0.1) is 0 Å². The average molecular weight is 711 g/mol. The molecule has 1 aromatic rings. The Bertz CT molecular complexity index is 1160. The zero-order valence-corrected chi connectivity index (χ0v) is 36.1. The topological polar surface area (TPSA) is 75.6 Å². The van der Waals surface area contributed by atoms with Crippen LogP contribution in [0.5, 0.6) is 0 Å². The zero-order valence-electron chi connectivity index (χ0n) is 33.1. The van der Waals surface area contributed by atoms with Gasteiger partial charge in [0.05, 0.1) is 33.0 Å². The minimum atomic E-state index is -2.29. The third-order valence-corrected chi connectivity index (χ3v) is 24.5. The van der Waals surface area contributed by atoms with Gasteiger partial charge >= 0.3 is 0 Å². The molecule has 0 unspecified atom stereocenters. The molecule has 272 valence electrons. The summed E-state index contributed by atoms with van der Waals surface area (Å²) in [6, 6.07) is 10.1. The Kier molecular flexibility index (Phi) is 13.8. The summed E-state index contributed by atoms with van der Waals surface area (Å²) in [6.07, 6.45) is 0.721. The standard InChI is InChI=1S/C37H70O7Si3/c1-33(2,3)45(12,13)40-24-23-30(26-41-46(14,15)34(4,5)6)37(38,28-42-47(16,17)35(7,8)9)32-31(43-36(10,11)44-32)27-39-25-29-21-19-18-20-22-29/h18-23,31-32,38H,24-28H2,1-17H3/b30-23+/t31-,32+,37+/m1/s1. The SMILES string of the molecule is CC1(C)O[C@H](COCc2ccccc2)[C@@H]([C@](O)(CO[Si](C)(C)C(C)(C)C)/C(=C/CO[Si](C)(C)C(C)(C)C)CO[Si](C)(C)C(C)(C)C)O1. The van der Waals surface area contributed by atoms with Crippen molar-refractivity contribution >= 4 is 25.0 Å². The van der Waals surface area contributed by atoms with E-state index >= 15 is 0 Å². The van der Waals surface area contributed by atoms with E-state index in [9.17, 15) is 5.11 Å². The van der Waals surface area contributed by atoms with Crippen LogP contribution in [0.15, 0.2) is 42.0 Å². The Morgan fingerprint density at radius 2 is 1.26 bits per heavy atom. The van der Waals surface area contributed by atoms with E-state index in [0.717, 1.165) is 5.56 Å². The fraction of sp³-hybridized carbons (Fsp3) is 0.784. The summed E-state index contributed by atoms with van der Waals surface area (Å²) in [5.41, 5.74) is 0.215. The largest absolute Gasteiger partial charge is 0.413 e. The molecule has 1 aliphatic heterocycles. The van der Waals surface area contributed by atoms with E-state index in [1.807, 2.05) is 50.3 Å². The first-order chi connectivity index (χ1) is 21.0. The molecule has 1 heterocycles. The Morgan fingerprint density at radius 3 is 1.77 bits per heavy atom. The third kappa shape index (κ3) is 11.4. The van der Waals surface area contributed by atoms with Crippen LogP contribution in [0.25, 0.3) is 0 Å². The number of ether oxygens (including phenoxy) is 3. The maximum absolute atomic E-state index is 13.2. The lowest BCUT2D eigenvalue weighted by molar-refractivity contribution is -0.171. The maximum Gasteiger partial charge on any atom is 0.192 e. The molecule has 0 bridgehead atoms. The van der Waals surface area contributed by atoms with Gasteiger partial charge in [0.1, 0.15) is 17.8 Å². The van der Waals surface area contributed by atoms with Gasteiger partial charge in [-0.1, -0.05) is 98.7 Å². The van der Waals surface area contributed by atoms with E-state index < -0.39 is 48.5 Å². The fourth-order valence-corrected chi connectivity index (χ4v) is 7.39. The first-order valence-corrected chi connectivity index (χ1v) is 26.1. The van der Waals surface area contributed by atoms with Crippen molar-refractivity contribution in [1.29, 1.82) is 0 Å². The van der Waals surface area contributed by atoms with E-state index in [0.29, 0.717) is 18.8 Å². The summed E-state index contributed by atoms with van der Waals surface area (Å²) in [5, 5.41) is 13.2. The van der Waals surface area contributed by atoms with Gasteiger partial charge in [-0.05, 0) is 79.4 Å². The Hall–Kier alpha value is -0.669. The van der Waals surface area contributed by atoms with Crippen molar-refractivity contribution in [2.45, 2.75) is 161 Å². The first kappa shape index (κ1) is 42.5. The number of aliphatic hydroxyl groups is 1. The van der Waals surface area contributed by atoms with Crippen molar-refractivity contribution in [1.82, 2.24) is 0 Å². The van der Waals surface area contributed by atoms with Crippen LogP contribution in [0.4, 0.5) is 0 Å². The molecular weight excluding hydrogens is 641 g/mol. The molecule has 1 saturated heterocycles. The molecule has 10 heteroatoms. The minimum absolute atomic E-state index is 0.00568. The van der Waals surface area contributed by atoms with Crippen LogP contribution in [0.1, 0.15) is 81.7 Å². The summed E-state index contributed by atoms with van der Waals surface area (Å²) in [4.78, 5) is 0. The smallest absolute Gasteiger partial charge is 0.192 e. The highest BCUT2D eigenvalue weighted by Crippen LogP contribution is 2.43. The summed E-state index contributed by atoms with van der Waals surface area (Å²) < 4.78 is 39.6. The van der Waals surface area contributed by atoms with Crippen molar-refractivity contribution in [3.05, 3.63) is 47.5 Å². The highest BCUT2D eigenvalue weighted by molar-refractivity contribution is 6.74. The molecule has 1 fully saturated rings. The van der Waals surface area contributed by atoms with E-state index in [-0.39, 0.29) is 34.9 Å². The molecule has 1 N–H and O–H groups in total. The second-order valence-corrected chi connectivity index (χ2v) is 32.8. The van der Waals surface area contributed by atoms with Crippen molar-refractivity contribution in [3.8, 4) is 0 Å². The predicted octanol–water partition coefficient (Wildman–Crippen LogP) is 9.45. The predicted molar refractivity (Wildman–Crippen MR) is 202 cm³/mol. The number of rotatable bonds is 15. The lowest BCUT2D eigenvalue weighted by atomic mass is 9.85. The highest BCUT2D eigenvalue weighted by atomic mass is 28.4. The summed E-state index contributed by atoms with van der Waals surface area (Å²) >= 11 is 0. The second kappa shape index (κ2) is 15.3. The number of hydrogen-bond acceptors (Lipinski definition) is 7. The van der Waals surface area contributed by atoms with Crippen LogP contribution in [0.2, 0.25) is 54.4 Å². The lowest BCUT2D eigenvalue weighted by Crippen LogP contribution is -2.57. The van der Waals surface area contributed by atoms with Gasteiger partial charge in [0.15, 0.2) is 30.7 Å². The van der Waals surface area contributed by atoms with Crippen LogP contribution in [-0.2, 0) is 34.1 Å². The van der Waals surface area contributed by atoms with Crippen molar-refractivity contribution in [3.63, 3.8) is 0 Å².